The molecule has 0 aliphatic heterocycles. The highest BCUT2D eigenvalue weighted by molar-refractivity contribution is 9.10. The molecule has 0 fully saturated rings. The summed E-state index contributed by atoms with van der Waals surface area (Å²) in [6.07, 6.45) is 3.50. The zero-order chi connectivity index (χ0) is 14.8. The highest BCUT2D eigenvalue weighted by atomic mass is 79.9. The Kier molecular flexibility index (Phi) is 4.82. The first kappa shape index (κ1) is 15.3. The summed E-state index contributed by atoms with van der Waals surface area (Å²) in [6, 6.07) is 16.2. The van der Waals surface area contributed by atoms with Gasteiger partial charge in [0.05, 0.1) is 0 Å². The zero-order valence-corrected chi connectivity index (χ0v) is 15.2. The van der Waals surface area contributed by atoms with E-state index < -0.39 is 0 Å². The van der Waals surface area contributed by atoms with Gasteiger partial charge >= 0.3 is 0 Å². The van der Waals surface area contributed by atoms with Crippen LogP contribution in [0.3, 0.4) is 0 Å². The summed E-state index contributed by atoms with van der Waals surface area (Å²) < 4.78 is 2.34. The van der Waals surface area contributed by atoms with Crippen molar-refractivity contribution < 1.29 is 0 Å². The smallest absolute Gasteiger partial charge is 0.0294 e. The van der Waals surface area contributed by atoms with E-state index in [1.54, 1.807) is 0 Å². The van der Waals surface area contributed by atoms with Crippen LogP contribution in [0.1, 0.15) is 36.1 Å². The molecule has 1 aliphatic carbocycles. The maximum Gasteiger partial charge on any atom is 0.0294 e. The Balaban J connectivity index is 1.68. The number of halogens is 2. The van der Waals surface area contributed by atoms with Crippen molar-refractivity contribution in [3.8, 4) is 0 Å². The van der Waals surface area contributed by atoms with Crippen LogP contribution in [0.4, 0.5) is 0 Å². The lowest BCUT2D eigenvalue weighted by molar-refractivity contribution is 0.413. The largest absolute Gasteiger partial charge is 0.307 e. The number of aryl methyl sites for hydroxylation is 1. The molecule has 2 atom stereocenters. The molecule has 110 valence electrons. The molecule has 0 bridgehead atoms. The molecule has 3 heteroatoms. The van der Waals surface area contributed by atoms with Crippen LogP contribution < -0.4 is 5.32 Å². The molecule has 1 aliphatic rings. The van der Waals surface area contributed by atoms with Crippen molar-refractivity contribution in [1.29, 1.82) is 0 Å². The average molecular weight is 409 g/mol. The second-order valence-corrected chi connectivity index (χ2v) is 7.63. The van der Waals surface area contributed by atoms with E-state index in [0.29, 0.717) is 12.1 Å². The van der Waals surface area contributed by atoms with Gasteiger partial charge in [-0.2, -0.15) is 0 Å². The minimum absolute atomic E-state index is 0.379. The SMILES string of the molecule is C[C@@H](NC1CCc2cc(Br)ccc2C1)c1cccc(Br)c1. The van der Waals surface area contributed by atoms with Crippen LogP contribution in [0, 0.1) is 0 Å². The van der Waals surface area contributed by atoms with E-state index in [1.165, 1.54) is 27.6 Å². The van der Waals surface area contributed by atoms with Crippen molar-refractivity contribution in [2.24, 2.45) is 0 Å². The lowest BCUT2D eigenvalue weighted by Crippen LogP contribution is -2.36. The molecule has 0 radical (unpaired) electrons. The minimum atomic E-state index is 0.379. The molecular formula is C18H19Br2N. The topological polar surface area (TPSA) is 12.0 Å². The number of nitrogens with one attached hydrogen (secondary N) is 1. The van der Waals surface area contributed by atoms with E-state index in [1.807, 2.05) is 0 Å². The monoisotopic (exact) mass is 407 g/mol. The van der Waals surface area contributed by atoms with Crippen LogP contribution in [0.5, 0.6) is 0 Å². The summed E-state index contributed by atoms with van der Waals surface area (Å²) in [5, 5.41) is 3.79. The minimum Gasteiger partial charge on any atom is -0.307 e. The number of rotatable bonds is 3. The van der Waals surface area contributed by atoms with E-state index in [9.17, 15) is 0 Å². The summed E-state index contributed by atoms with van der Waals surface area (Å²) in [7, 11) is 0. The Morgan fingerprint density at radius 1 is 1.05 bits per heavy atom. The van der Waals surface area contributed by atoms with Gasteiger partial charge in [-0.05, 0) is 67.1 Å². The molecule has 0 heterocycles. The maximum absolute atomic E-state index is 3.79. The van der Waals surface area contributed by atoms with Gasteiger partial charge in [-0.3, -0.25) is 0 Å². The number of hydrogen-bond donors (Lipinski definition) is 1. The molecule has 1 nitrogen and oxygen atoms in total. The molecule has 0 saturated carbocycles. The summed E-state index contributed by atoms with van der Waals surface area (Å²) in [5.74, 6) is 0. The fraction of sp³-hybridized carbons (Fsp3) is 0.333. The van der Waals surface area contributed by atoms with Crippen LogP contribution in [0.25, 0.3) is 0 Å². The first-order valence-electron chi connectivity index (χ1n) is 7.40. The summed E-state index contributed by atoms with van der Waals surface area (Å²) in [5.41, 5.74) is 4.33. The van der Waals surface area contributed by atoms with Crippen molar-refractivity contribution in [3.05, 3.63) is 68.1 Å². The van der Waals surface area contributed by atoms with Gasteiger partial charge in [-0.1, -0.05) is 50.1 Å². The average Bonchev–Trinajstić information content (AvgIpc) is 2.47. The third-order valence-electron chi connectivity index (χ3n) is 4.23. The van der Waals surface area contributed by atoms with Crippen LogP contribution in [0.2, 0.25) is 0 Å². The van der Waals surface area contributed by atoms with Crippen LogP contribution in [0.15, 0.2) is 51.4 Å². The lowest BCUT2D eigenvalue weighted by Gasteiger charge is -2.29. The molecule has 0 amide bonds. The molecule has 2 aromatic rings. The van der Waals surface area contributed by atoms with E-state index in [0.717, 1.165) is 17.3 Å². The molecule has 21 heavy (non-hydrogen) atoms. The van der Waals surface area contributed by atoms with E-state index >= 15 is 0 Å². The zero-order valence-electron chi connectivity index (χ0n) is 12.1. The fourth-order valence-corrected chi connectivity index (χ4v) is 3.92. The van der Waals surface area contributed by atoms with Gasteiger partial charge < -0.3 is 5.32 Å². The van der Waals surface area contributed by atoms with Gasteiger partial charge in [0.15, 0.2) is 0 Å². The fourth-order valence-electron chi connectivity index (χ4n) is 3.09. The Morgan fingerprint density at radius 3 is 2.67 bits per heavy atom. The number of benzene rings is 2. The molecule has 0 aromatic heterocycles. The third-order valence-corrected chi connectivity index (χ3v) is 5.22. The quantitative estimate of drug-likeness (QED) is 0.714. The standard InChI is InChI=1S/C18H19Br2N/c1-12(13-3-2-4-16(19)9-13)21-18-8-6-14-10-17(20)7-5-15(14)11-18/h2-5,7,9-10,12,18,21H,6,8,11H2,1H3/t12-,18?/m1/s1. The van der Waals surface area contributed by atoms with E-state index in [-0.39, 0.29) is 0 Å². The second kappa shape index (κ2) is 6.64. The molecule has 3 rings (SSSR count). The molecule has 0 saturated heterocycles. The first-order valence-corrected chi connectivity index (χ1v) is 8.99. The van der Waals surface area contributed by atoms with Gasteiger partial charge in [-0.15, -0.1) is 0 Å². The summed E-state index contributed by atoms with van der Waals surface area (Å²) >= 11 is 7.11. The van der Waals surface area contributed by atoms with Gasteiger partial charge in [0.1, 0.15) is 0 Å². The van der Waals surface area contributed by atoms with Crippen LogP contribution in [-0.4, -0.2) is 6.04 Å². The summed E-state index contributed by atoms with van der Waals surface area (Å²) in [4.78, 5) is 0. The van der Waals surface area contributed by atoms with Gasteiger partial charge in [-0.25, -0.2) is 0 Å². The van der Waals surface area contributed by atoms with Crippen molar-refractivity contribution in [2.45, 2.75) is 38.3 Å². The van der Waals surface area contributed by atoms with E-state index in [4.69, 9.17) is 0 Å². The molecule has 1 unspecified atom stereocenters. The van der Waals surface area contributed by atoms with Crippen molar-refractivity contribution in [2.75, 3.05) is 0 Å². The predicted octanol–water partition coefficient (Wildman–Crippen LogP) is 5.42. The lowest BCUT2D eigenvalue weighted by atomic mass is 9.88. The molecule has 2 aromatic carbocycles. The predicted molar refractivity (Wildman–Crippen MR) is 95.6 cm³/mol. The molecular weight excluding hydrogens is 390 g/mol. The highest BCUT2D eigenvalue weighted by Gasteiger charge is 2.20. The van der Waals surface area contributed by atoms with Gasteiger partial charge in [0, 0.05) is 21.0 Å². The normalized spacial score (nSPS) is 19.1. The van der Waals surface area contributed by atoms with Gasteiger partial charge in [0.2, 0.25) is 0 Å². The van der Waals surface area contributed by atoms with Crippen molar-refractivity contribution >= 4 is 31.9 Å². The van der Waals surface area contributed by atoms with Crippen LogP contribution in [-0.2, 0) is 12.8 Å². The van der Waals surface area contributed by atoms with Gasteiger partial charge in [0.25, 0.3) is 0 Å². The molecule has 1 N–H and O–H groups in total. The number of hydrogen-bond acceptors (Lipinski definition) is 1. The highest BCUT2D eigenvalue weighted by Crippen LogP contribution is 2.26. The Labute approximate surface area is 143 Å². The van der Waals surface area contributed by atoms with E-state index in [2.05, 4.69) is 86.6 Å². The first-order chi connectivity index (χ1) is 10.1. The van der Waals surface area contributed by atoms with Crippen molar-refractivity contribution in [1.82, 2.24) is 5.32 Å². The Morgan fingerprint density at radius 2 is 1.86 bits per heavy atom. The van der Waals surface area contributed by atoms with Crippen molar-refractivity contribution in [3.63, 3.8) is 0 Å². The Bertz CT molecular complexity index is 639. The number of fused-ring (bicyclic) bond motifs is 1. The Hall–Kier alpha value is -0.640. The third kappa shape index (κ3) is 3.77. The molecule has 0 spiro atoms. The second-order valence-electron chi connectivity index (χ2n) is 5.80. The maximum atomic E-state index is 3.79. The summed E-state index contributed by atoms with van der Waals surface area (Å²) in [6.45, 7) is 2.25. The van der Waals surface area contributed by atoms with Crippen LogP contribution >= 0.6 is 31.9 Å².